The monoisotopic (exact) mass is 348 g/mol. The first-order valence-corrected chi connectivity index (χ1v) is 7.99. The molecule has 2 aromatic rings. The van der Waals surface area contributed by atoms with E-state index < -0.39 is 0 Å². The lowest BCUT2D eigenvalue weighted by molar-refractivity contribution is -0.118. The van der Waals surface area contributed by atoms with Crippen LogP contribution >= 0.6 is 11.6 Å². The van der Waals surface area contributed by atoms with E-state index in [-0.39, 0.29) is 12.5 Å². The molecule has 0 unspecified atom stereocenters. The molecule has 2 aromatic carbocycles. The second kappa shape index (κ2) is 8.45. The molecule has 0 saturated heterocycles. The summed E-state index contributed by atoms with van der Waals surface area (Å²) >= 11 is 6.01. The number of hydrogen-bond acceptors (Lipinski definition) is 4. The van der Waals surface area contributed by atoms with Gasteiger partial charge in [-0.1, -0.05) is 11.6 Å². The summed E-state index contributed by atoms with van der Waals surface area (Å²) in [6.07, 6.45) is 0. The highest BCUT2D eigenvalue weighted by atomic mass is 35.5. The highest BCUT2D eigenvalue weighted by molar-refractivity contribution is 6.31. The molecule has 5 nitrogen and oxygen atoms in total. The second-order valence-corrected chi connectivity index (χ2v) is 5.73. The molecule has 0 spiro atoms. The summed E-state index contributed by atoms with van der Waals surface area (Å²) in [5.41, 5.74) is 1.52. The fraction of sp³-hybridized carbons (Fsp3) is 0.278. The number of anilines is 2. The van der Waals surface area contributed by atoms with E-state index in [9.17, 15) is 4.79 Å². The summed E-state index contributed by atoms with van der Waals surface area (Å²) in [4.78, 5) is 14.0. The number of benzene rings is 2. The molecule has 0 saturated carbocycles. The van der Waals surface area contributed by atoms with Crippen molar-refractivity contribution in [3.63, 3.8) is 0 Å². The SMILES string of the molecule is CCOc1ccc(OCC(=O)Nc2cc(Cl)ccc2N(C)C)cc1. The minimum atomic E-state index is -0.255. The number of carbonyl (C=O) groups is 1. The first-order chi connectivity index (χ1) is 11.5. The van der Waals surface area contributed by atoms with Gasteiger partial charge in [-0.3, -0.25) is 4.79 Å². The zero-order chi connectivity index (χ0) is 17.5. The average molecular weight is 349 g/mol. The lowest BCUT2D eigenvalue weighted by Gasteiger charge is -2.18. The zero-order valence-electron chi connectivity index (χ0n) is 14.0. The van der Waals surface area contributed by atoms with E-state index in [0.717, 1.165) is 11.4 Å². The van der Waals surface area contributed by atoms with E-state index in [1.807, 2.05) is 32.0 Å². The number of hydrogen-bond donors (Lipinski definition) is 1. The van der Waals surface area contributed by atoms with Crippen molar-refractivity contribution in [1.29, 1.82) is 0 Å². The Hall–Kier alpha value is -2.40. The minimum absolute atomic E-state index is 0.0899. The molecule has 24 heavy (non-hydrogen) atoms. The maximum absolute atomic E-state index is 12.1. The van der Waals surface area contributed by atoms with Crippen molar-refractivity contribution in [2.24, 2.45) is 0 Å². The summed E-state index contributed by atoms with van der Waals surface area (Å²) < 4.78 is 10.8. The number of carbonyl (C=O) groups excluding carboxylic acids is 1. The van der Waals surface area contributed by atoms with Crippen molar-refractivity contribution >= 4 is 28.9 Å². The molecule has 0 atom stereocenters. The maximum Gasteiger partial charge on any atom is 0.262 e. The summed E-state index contributed by atoms with van der Waals surface area (Å²) in [6.45, 7) is 2.44. The standard InChI is InChI=1S/C18H21ClN2O3/c1-4-23-14-6-8-15(9-7-14)24-12-18(22)20-16-11-13(19)5-10-17(16)21(2)3/h5-11H,4,12H2,1-3H3,(H,20,22). The molecule has 1 N–H and O–H groups in total. The van der Waals surface area contributed by atoms with Gasteiger partial charge >= 0.3 is 0 Å². The number of amides is 1. The summed E-state index contributed by atoms with van der Waals surface area (Å²) in [6, 6.07) is 12.5. The fourth-order valence-electron chi connectivity index (χ4n) is 2.13. The smallest absolute Gasteiger partial charge is 0.262 e. The van der Waals surface area contributed by atoms with Gasteiger partial charge in [-0.25, -0.2) is 0 Å². The predicted octanol–water partition coefficient (Wildman–Crippen LogP) is 3.82. The molecule has 0 aliphatic heterocycles. The van der Waals surface area contributed by atoms with Crippen LogP contribution in [0.5, 0.6) is 11.5 Å². The first kappa shape index (κ1) is 17.9. The lowest BCUT2D eigenvalue weighted by Crippen LogP contribution is -2.22. The average Bonchev–Trinajstić information content (AvgIpc) is 2.54. The molecule has 2 rings (SSSR count). The Labute approximate surface area is 147 Å². The Morgan fingerprint density at radius 2 is 1.71 bits per heavy atom. The highest BCUT2D eigenvalue weighted by Gasteiger charge is 2.10. The van der Waals surface area contributed by atoms with Crippen LogP contribution in [0.15, 0.2) is 42.5 Å². The van der Waals surface area contributed by atoms with Gasteiger partial charge in [0.1, 0.15) is 11.5 Å². The first-order valence-electron chi connectivity index (χ1n) is 7.62. The van der Waals surface area contributed by atoms with Gasteiger partial charge in [0.2, 0.25) is 0 Å². The minimum Gasteiger partial charge on any atom is -0.494 e. The Morgan fingerprint density at radius 1 is 1.08 bits per heavy atom. The number of halogens is 1. The normalized spacial score (nSPS) is 10.2. The molecule has 0 aromatic heterocycles. The molecule has 6 heteroatoms. The summed E-state index contributed by atoms with van der Waals surface area (Å²) in [5, 5.41) is 3.38. The quantitative estimate of drug-likeness (QED) is 0.826. The van der Waals surface area contributed by atoms with Gasteiger partial charge in [0.05, 0.1) is 18.0 Å². The van der Waals surface area contributed by atoms with Crippen LogP contribution in [-0.4, -0.2) is 33.2 Å². The number of rotatable bonds is 7. The Bertz CT molecular complexity index is 687. The van der Waals surface area contributed by atoms with E-state index in [1.165, 1.54) is 0 Å². The van der Waals surface area contributed by atoms with Crippen molar-refractivity contribution in [1.82, 2.24) is 0 Å². The van der Waals surface area contributed by atoms with Gasteiger partial charge in [0.15, 0.2) is 6.61 Å². The van der Waals surface area contributed by atoms with Crippen molar-refractivity contribution < 1.29 is 14.3 Å². The molecule has 0 fully saturated rings. The van der Waals surface area contributed by atoms with Crippen LogP contribution < -0.4 is 19.7 Å². The van der Waals surface area contributed by atoms with E-state index in [1.54, 1.807) is 36.4 Å². The predicted molar refractivity (Wildman–Crippen MR) is 97.5 cm³/mol. The molecule has 0 radical (unpaired) electrons. The summed E-state index contributed by atoms with van der Waals surface area (Å²) in [7, 11) is 3.80. The topological polar surface area (TPSA) is 50.8 Å². The van der Waals surface area contributed by atoms with Gasteiger partial charge in [-0.15, -0.1) is 0 Å². The fourth-order valence-corrected chi connectivity index (χ4v) is 2.30. The van der Waals surface area contributed by atoms with E-state index in [2.05, 4.69) is 5.32 Å². The van der Waals surface area contributed by atoms with Gasteiger partial charge in [0, 0.05) is 19.1 Å². The van der Waals surface area contributed by atoms with Gasteiger partial charge < -0.3 is 19.7 Å². The third kappa shape index (κ3) is 5.06. The van der Waals surface area contributed by atoms with Crippen molar-refractivity contribution in [2.45, 2.75) is 6.92 Å². The molecule has 128 valence electrons. The van der Waals surface area contributed by atoms with Crippen LogP contribution in [-0.2, 0) is 4.79 Å². The van der Waals surface area contributed by atoms with Crippen LogP contribution in [0, 0.1) is 0 Å². The third-order valence-corrected chi connectivity index (χ3v) is 3.45. The number of ether oxygens (including phenoxy) is 2. The third-order valence-electron chi connectivity index (χ3n) is 3.22. The van der Waals surface area contributed by atoms with Crippen LogP contribution in [0.25, 0.3) is 0 Å². The van der Waals surface area contributed by atoms with Gasteiger partial charge in [-0.2, -0.15) is 0 Å². The largest absolute Gasteiger partial charge is 0.494 e. The maximum atomic E-state index is 12.1. The molecule has 0 aliphatic carbocycles. The van der Waals surface area contributed by atoms with Crippen LogP contribution in [0.3, 0.4) is 0 Å². The van der Waals surface area contributed by atoms with Crippen molar-refractivity contribution in [2.75, 3.05) is 37.5 Å². The van der Waals surface area contributed by atoms with E-state index in [4.69, 9.17) is 21.1 Å². The highest BCUT2D eigenvalue weighted by Crippen LogP contribution is 2.27. The molecule has 0 heterocycles. The zero-order valence-corrected chi connectivity index (χ0v) is 14.8. The van der Waals surface area contributed by atoms with Crippen LogP contribution in [0.1, 0.15) is 6.92 Å². The Balaban J connectivity index is 1.95. The number of nitrogens with zero attached hydrogens (tertiary/aromatic N) is 1. The van der Waals surface area contributed by atoms with Crippen LogP contribution in [0.2, 0.25) is 5.02 Å². The molecule has 1 amide bonds. The molecular weight excluding hydrogens is 328 g/mol. The van der Waals surface area contributed by atoms with Gasteiger partial charge in [0.25, 0.3) is 5.91 Å². The number of nitrogens with one attached hydrogen (secondary N) is 1. The van der Waals surface area contributed by atoms with E-state index >= 15 is 0 Å². The summed E-state index contributed by atoms with van der Waals surface area (Å²) in [5.74, 6) is 1.12. The Kier molecular flexibility index (Phi) is 6.32. The van der Waals surface area contributed by atoms with Crippen LogP contribution in [0.4, 0.5) is 11.4 Å². The molecular formula is C18H21ClN2O3. The second-order valence-electron chi connectivity index (χ2n) is 5.30. The van der Waals surface area contributed by atoms with Gasteiger partial charge in [-0.05, 0) is 49.4 Å². The van der Waals surface area contributed by atoms with Crippen molar-refractivity contribution in [3.8, 4) is 11.5 Å². The van der Waals surface area contributed by atoms with Crippen molar-refractivity contribution in [3.05, 3.63) is 47.5 Å². The van der Waals surface area contributed by atoms with E-state index in [0.29, 0.717) is 23.1 Å². The lowest BCUT2D eigenvalue weighted by atomic mass is 10.2. The molecule has 0 aliphatic rings. The Morgan fingerprint density at radius 3 is 2.29 bits per heavy atom. The molecule has 0 bridgehead atoms.